The van der Waals surface area contributed by atoms with Crippen LogP contribution in [-0.4, -0.2) is 78.0 Å². The van der Waals surface area contributed by atoms with Gasteiger partial charge >= 0.3 is 12.2 Å². The molecule has 3 aromatic rings. The third-order valence-electron chi connectivity index (χ3n) is 9.52. The molecule has 13 heteroatoms. The Bertz CT molecular complexity index is 1630. The molecule has 0 aliphatic carbocycles. The molecule has 0 spiro atoms. The first kappa shape index (κ1) is 32.7. The van der Waals surface area contributed by atoms with Gasteiger partial charge in [0, 0.05) is 49.7 Å². The van der Waals surface area contributed by atoms with Crippen LogP contribution in [0.3, 0.4) is 0 Å². The molecule has 2 N–H and O–H groups in total. The standard InChI is InChI=1S/C34H41F3N8O2/c1-22-7-10-26(18-29(22)45-21-25-19-39-32(38-2)41-30(25)42(3)33(45)47)40-31(46)23-8-9-24(28(17-23)34(35,36)37)20-43-15-11-27(12-16-43)44-13-5-4-6-14-44/h7-10,17-19,27H,4-6,11-16,20-21H2,1-3H3,(H,40,46)(H,38,39,41). The molecule has 3 aliphatic heterocycles. The van der Waals surface area contributed by atoms with Crippen molar-refractivity contribution in [1.82, 2.24) is 19.8 Å². The van der Waals surface area contributed by atoms with E-state index in [0.717, 1.165) is 56.2 Å². The number of nitrogens with zero attached hydrogens (tertiary/aromatic N) is 6. The summed E-state index contributed by atoms with van der Waals surface area (Å²) in [5, 5.41) is 5.60. The van der Waals surface area contributed by atoms with Crippen molar-refractivity contribution in [1.29, 1.82) is 0 Å². The molecule has 10 nitrogen and oxygen atoms in total. The number of nitrogens with one attached hydrogen (secondary N) is 2. The summed E-state index contributed by atoms with van der Waals surface area (Å²) in [4.78, 5) is 42.9. The molecule has 2 saturated heterocycles. The molecule has 0 unspecified atom stereocenters. The molecule has 250 valence electrons. The fourth-order valence-electron chi connectivity index (χ4n) is 6.89. The number of amides is 3. The SMILES string of the molecule is CNc1ncc2c(n1)N(C)C(=O)N(c1cc(NC(=O)c3ccc(CN4CCC(N5CCCCC5)CC4)c(C(F)(F)F)c3)ccc1C)C2. The Labute approximate surface area is 272 Å². The highest BCUT2D eigenvalue weighted by Gasteiger charge is 2.36. The Hall–Kier alpha value is -4.23. The summed E-state index contributed by atoms with van der Waals surface area (Å²) in [7, 11) is 3.32. The number of carbonyl (C=O) groups is 2. The van der Waals surface area contributed by atoms with E-state index in [0.29, 0.717) is 29.2 Å². The number of hydrogen-bond acceptors (Lipinski definition) is 7. The van der Waals surface area contributed by atoms with Crippen LogP contribution in [0, 0.1) is 6.92 Å². The Morgan fingerprint density at radius 2 is 1.77 bits per heavy atom. The zero-order valence-corrected chi connectivity index (χ0v) is 27.0. The number of benzene rings is 2. The zero-order valence-electron chi connectivity index (χ0n) is 27.0. The summed E-state index contributed by atoms with van der Waals surface area (Å²) < 4.78 is 42.9. The fraction of sp³-hybridized carbons (Fsp3) is 0.471. The number of carbonyl (C=O) groups excluding carboxylic acids is 2. The van der Waals surface area contributed by atoms with Crippen molar-refractivity contribution in [2.75, 3.05) is 60.7 Å². The van der Waals surface area contributed by atoms with Gasteiger partial charge in [0.05, 0.1) is 17.8 Å². The van der Waals surface area contributed by atoms with Gasteiger partial charge in [0.15, 0.2) is 0 Å². The van der Waals surface area contributed by atoms with Crippen molar-refractivity contribution in [3.05, 3.63) is 70.4 Å². The first-order chi connectivity index (χ1) is 22.5. The fourth-order valence-corrected chi connectivity index (χ4v) is 6.89. The number of piperidine rings is 2. The molecule has 3 amide bonds. The quantitative estimate of drug-likeness (QED) is 0.318. The number of aromatic nitrogens is 2. The van der Waals surface area contributed by atoms with Crippen molar-refractivity contribution in [2.24, 2.45) is 0 Å². The van der Waals surface area contributed by atoms with Crippen molar-refractivity contribution in [3.8, 4) is 0 Å². The second-order valence-corrected chi connectivity index (χ2v) is 12.6. The number of fused-ring (bicyclic) bond motifs is 1. The Morgan fingerprint density at radius 3 is 2.47 bits per heavy atom. The number of anilines is 4. The number of alkyl halides is 3. The molecule has 1 aromatic heterocycles. The number of hydrogen-bond donors (Lipinski definition) is 2. The van der Waals surface area contributed by atoms with E-state index < -0.39 is 17.6 Å². The van der Waals surface area contributed by atoms with Crippen LogP contribution in [0.1, 0.15) is 64.7 Å². The van der Waals surface area contributed by atoms with Crippen molar-refractivity contribution >= 4 is 35.1 Å². The third-order valence-corrected chi connectivity index (χ3v) is 9.52. The van der Waals surface area contributed by atoms with Gasteiger partial charge in [-0.2, -0.15) is 18.2 Å². The van der Waals surface area contributed by atoms with E-state index in [-0.39, 0.29) is 30.2 Å². The van der Waals surface area contributed by atoms with Crippen molar-refractivity contribution in [2.45, 2.75) is 64.3 Å². The molecular formula is C34H41F3N8O2. The van der Waals surface area contributed by atoms with Gasteiger partial charge in [-0.3, -0.25) is 19.5 Å². The predicted octanol–water partition coefficient (Wildman–Crippen LogP) is 6.12. The summed E-state index contributed by atoms with van der Waals surface area (Å²) >= 11 is 0. The zero-order chi connectivity index (χ0) is 33.3. The topological polar surface area (TPSA) is 96.9 Å². The van der Waals surface area contributed by atoms with Gasteiger partial charge in [0.2, 0.25) is 5.95 Å². The van der Waals surface area contributed by atoms with Crippen LogP contribution in [0.5, 0.6) is 0 Å². The summed E-state index contributed by atoms with van der Waals surface area (Å²) in [5.74, 6) is 0.227. The first-order valence-electron chi connectivity index (χ1n) is 16.2. The number of halogens is 3. The highest BCUT2D eigenvalue weighted by Crippen LogP contribution is 2.36. The molecular weight excluding hydrogens is 609 g/mol. The minimum atomic E-state index is -4.61. The van der Waals surface area contributed by atoms with Crippen LogP contribution in [0.15, 0.2) is 42.6 Å². The maximum atomic E-state index is 14.3. The smallest absolute Gasteiger partial charge is 0.357 e. The maximum Gasteiger partial charge on any atom is 0.416 e. The van der Waals surface area contributed by atoms with Crippen LogP contribution in [-0.2, 0) is 19.3 Å². The lowest BCUT2D eigenvalue weighted by Gasteiger charge is -2.40. The van der Waals surface area contributed by atoms with E-state index in [4.69, 9.17) is 0 Å². The second-order valence-electron chi connectivity index (χ2n) is 12.6. The average Bonchev–Trinajstić information content (AvgIpc) is 3.07. The summed E-state index contributed by atoms with van der Waals surface area (Å²) in [6.45, 7) is 5.98. The predicted molar refractivity (Wildman–Crippen MR) is 176 cm³/mol. The molecule has 0 radical (unpaired) electrons. The highest BCUT2D eigenvalue weighted by molar-refractivity contribution is 6.07. The van der Waals surface area contributed by atoms with Crippen molar-refractivity contribution < 1.29 is 22.8 Å². The van der Waals surface area contributed by atoms with E-state index in [1.54, 1.807) is 43.4 Å². The van der Waals surface area contributed by atoms with Gasteiger partial charge in [-0.1, -0.05) is 18.6 Å². The molecule has 2 aromatic carbocycles. The lowest BCUT2D eigenvalue weighted by Crippen LogP contribution is -2.46. The Kier molecular flexibility index (Phi) is 9.38. The minimum Gasteiger partial charge on any atom is -0.357 e. The molecule has 0 bridgehead atoms. The number of likely N-dealkylation sites (tertiary alicyclic amines) is 2. The highest BCUT2D eigenvalue weighted by atomic mass is 19.4. The van der Waals surface area contributed by atoms with Crippen LogP contribution >= 0.6 is 0 Å². The largest absolute Gasteiger partial charge is 0.416 e. The number of aryl methyl sites for hydroxylation is 1. The summed E-state index contributed by atoms with van der Waals surface area (Å²) in [6, 6.07) is 9.09. The molecule has 6 rings (SSSR count). The normalized spacial score (nSPS) is 18.3. The van der Waals surface area contributed by atoms with E-state index >= 15 is 0 Å². The second kappa shape index (κ2) is 13.5. The molecule has 3 aliphatic rings. The molecule has 0 atom stereocenters. The Balaban J connectivity index is 1.16. The Morgan fingerprint density at radius 1 is 1.02 bits per heavy atom. The van der Waals surface area contributed by atoms with Crippen LogP contribution < -0.4 is 20.4 Å². The summed E-state index contributed by atoms with van der Waals surface area (Å²) in [6.07, 6.45) is 2.68. The average molecular weight is 651 g/mol. The van der Waals surface area contributed by atoms with Gasteiger partial charge in [-0.05, 0) is 94.2 Å². The van der Waals surface area contributed by atoms with Gasteiger partial charge in [0.25, 0.3) is 5.91 Å². The van der Waals surface area contributed by atoms with E-state index in [1.165, 1.54) is 36.3 Å². The van der Waals surface area contributed by atoms with E-state index in [2.05, 4.69) is 30.4 Å². The van der Waals surface area contributed by atoms with Crippen LogP contribution in [0.4, 0.5) is 41.1 Å². The lowest BCUT2D eigenvalue weighted by atomic mass is 9.98. The van der Waals surface area contributed by atoms with Gasteiger partial charge in [0.1, 0.15) is 5.82 Å². The van der Waals surface area contributed by atoms with Gasteiger partial charge in [-0.25, -0.2) is 9.78 Å². The lowest BCUT2D eigenvalue weighted by molar-refractivity contribution is -0.138. The minimum absolute atomic E-state index is 0.0906. The van der Waals surface area contributed by atoms with Gasteiger partial charge < -0.3 is 15.5 Å². The summed E-state index contributed by atoms with van der Waals surface area (Å²) in [5.41, 5.74) is 1.72. The van der Waals surface area contributed by atoms with E-state index in [9.17, 15) is 22.8 Å². The van der Waals surface area contributed by atoms with Gasteiger partial charge in [-0.15, -0.1) is 0 Å². The van der Waals surface area contributed by atoms with Crippen LogP contribution in [0.25, 0.3) is 0 Å². The number of urea groups is 1. The molecule has 47 heavy (non-hydrogen) atoms. The monoisotopic (exact) mass is 650 g/mol. The molecule has 4 heterocycles. The third kappa shape index (κ3) is 7.05. The van der Waals surface area contributed by atoms with Crippen molar-refractivity contribution in [3.63, 3.8) is 0 Å². The van der Waals surface area contributed by atoms with E-state index in [1.807, 2.05) is 6.92 Å². The maximum absolute atomic E-state index is 14.3. The first-order valence-corrected chi connectivity index (χ1v) is 16.2. The number of rotatable bonds is 7. The molecule has 2 fully saturated rings. The molecule has 0 saturated carbocycles. The van der Waals surface area contributed by atoms with Crippen LogP contribution in [0.2, 0.25) is 0 Å².